The molecule has 0 saturated heterocycles. The van der Waals surface area contributed by atoms with Crippen LogP contribution in [0.3, 0.4) is 0 Å². The Labute approximate surface area is 155 Å². The highest BCUT2D eigenvalue weighted by Gasteiger charge is 2.23. The highest BCUT2D eigenvalue weighted by molar-refractivity contribution is 5.99. The third-order valence-electron chi connectivity index (χ3n) is 5.65. The topological polar surface area (TPSA) is 45.2 Å². The molecule has 0 atom stereocenters. The second kappa shape index (κ2) is 7.90. The summed E-state index contributed by atoms with van der Waals surface area (Å²) in [5.41, 5.74) is 3.44. The van der Waals surface area contributed by atoms with Gasteiger partial charge in [-0.2, -0.15) is 0 Å². The van der Waals surface area contributed by atoms with Crippen LogP contribution in [0.2, 0.25) is 0 Å². The molecule has 0 radical (unpaired) electrons. The molecule has 0 spiro atoms. The van der Waals surface area contributed by atoms with Crippen LogP contribution in [-0.2, 0) is 13.0 Å². The lowest BCUT2D eigenvalue weighted by atomic mass is 9.99. The summed E-state index contributed by atoms with van der Waals surface area (Å²) in [7, 11) is 0. The highest BCUT2D eigenvalue weighted by Crippen LogP contribution is 2.26. The van der Waals surface area contributed by atoms with Gasteiger partial charge in [0.05, 0.1) is 5.56 Å². The Hall–Kier alpha value is -2.36. The van der Waals surface area contributed by atoms with Crippen molar-refractivity contribution in [1.82, 2.24) is 10.3 Å². The number of pyridine rings is 1. The fourth-order valence-electron chi connectivity index (χ4n) is 4.19. The largest absolute Gasteiger partial charge is 0.351 e. The van der Waals surface area contributed by atoms with E-state index in [4.69, 9.17) is 0 Å². The molecule has 1 N–H and O–H groups in total. The summed E-state index contributed by atoms with van der Waals surface area (Å²) in [6.07, 6.45) is 9.99. The van der Waals surface area contributed by atoms with E-state index in [9.17, 15) is 4.79 Å². The average Bonchev–Trinajstić information content (AvgIpc) is 2.96. The molecule has 1 saturated carbocycles. The van der Waals surface area contributed by atoms with Crippen LogP contribution < -0.4 is 10.2 Å². The molecule has 4 rings (SSSR count). The van der Waals surface area contributed by atoms with Crippen LogP contribution >= 0.6 is 0 Å². The van der Waals surface area contributed by atoms with Crippen molar-refractivity contribution in [3.63, 3.8) is 0 Å². The number of hydrogen-bond acceptors (Lipinski definition) is 3. The van der Waals surface area contributed by atoms with E-state index >= 15 is 0 Å². The van der Waals surface area contributed by atoms with Gasteiger partial charge in [-0.25, -0.2) is 4.98 Å². The number of benzene rings is 1. The zero-order valence-corrected chi connectivity index (χ0v) is 15.3. The number of nitrogens with zero attached hydrogens (tertiary/aromatic N) is 2. The Morgan fingerprint density at radius 3 is 2.58 bits per heavy atom. The molecule has 1 fully saturated rings. The molecule has 26 heavy (non-hydrogen) atoms. The summed E-state index contributed by atoms with van der Waals surface area (Å²) in [6, 6.07) is 12.6. The van der Waals surface area contributed by atoms with Crippen molar-refractivity contribution in [3.8, 4) is 0 Å². The number of rotatable bonds is 3. The van der Waals surface area contributed by atoms with Crippen molar-refractivity contribution in [3.05, 3.63) is 59.3 Å². The molecule has 1 aliphatic heterocycles. The van der Waals surface area contributed by atoms with E-state index < -0.39 is 0 Å². The lowest BCUT2D eigenvalue weighted by Gasteiger charge is -2.31. The van der Waals surface area contributed by atoms with Gasteiger partial charge in [-0.1, -0.05) is 49.9 Å². The maximum Gasteiger partial charge on any atom is 0.255 e. The van der Waals surface area contributed by atoms with E-state index in [1.54, 1.807) is 6.20 Å². The molecule has 4 nitrogen and oxygen atoms in total. The van der Waals surface area contributed by atoms with Crippen LogP contribution in [-0.4, -0.2) is 23.5 Å². The van der Waals surface area contributed by atoms with E-state index in [-0.39, 0.29) is 5.91 Å². The van der Waals surface area contributed by atoms with Crippen molar-refractivity contribution in [2.24, 2.45) is 0 Å². The Morgan fingerprint density at radius 2 is 1.77 bits per heavy atom. The smallest absolute Gasteiger partial charge is 0.255 e. The Bertz CT molecular complexity index is 765. The number of nitrogens with one attached hydrogen (secondary N) is 1. The van der Waals surface area contributed by atoms with Crippen LogP contribution in [0.25, 0.3) is 0 Å². The fourth-order valence-corrected chi connectivity index (χ4v) is 4.19. The van der Waals surface area contributed by atoms with Crippen LogP contribution in [0, 0.1) is 0 Å². The van der Waals surface area contributed by atoms with E-state index in [1.807, 2.05) is 12.1 Å². The zero-order chi connectivity index (χ0) is 17.8. The first kappa shape index (κ1) is 17.1. The van der Waals surface area contributed by atoms with Gasteiger partial charge in [-0.3, -0.25) is 4.79 Å². The molecule has 136 valence electrons. The summed E-state index contributed by atoms with van der Waals surface area (Å²) in [6.45, 7) is 1.72. The number of carbonyl (C=O) groups excluding carboxylic acids is 1. The Morgan fingerprint density at radius 1 is 1.00 bits per heavy atom. The summed E-state index contributed by atoms with van der Waals surface area (Å²) < 4.78 is 0. The van der Waals surface area contributed by atoms with E-state index in [2.05, 4.69) is 39.5 Å². The van der Waals surface area contributed by atoms with Crippen LogP contribution in [0.4, 0.5) is 5.82 Å². The van der Waals surface area contributed by atoms with Crippen molar-refractivity contribution >= 4 is 11.7 Å². The standard InChI is InChI=1S/C22H27N3O/c26-22(24-19-10-3-1-2-4-11-19)20-12-7-14-23-21(20)25-15-13-17-8-5-6-9-18(17)16-25/h5-9,12,14,19H,1-4,10-11,13,15-16H2,(H,24,26). The van der Waals surface area contributed by atoms with Gasteiger partial charge >= 0.3 is 0 Å². The minimum absolute atomic E-state index is 0.0267. The number of fused-ring (bicyclic) bond motifs is 1. The first-order chi connectivity index (χ1) is 12.8. The summed E-state index contributed by atoms with van der Waals surface area (Å²) in [4.78, 5) is 19.8. The number of aromatic nitrogens is 1. The van der Waals surface area contributed by atoms with Gasteiger partial charge in [-0.05, 0) is 42.5 Å². The summed E-state index contributed by atoms with van der Waals surface area (Å²) in [5.74, 6) is 0.840. The predicted octanol–water partition coefficient (Wildman–Crippen LogP) is 4.10. The number of hydrogen-bond donors (Lipinski definition) is 1. The molecular formula is C22H27N3O. The predicted molar refractivity (Wildman–Crippen MR) is 104 cm³/mol. The Balaban J connectivity index is 1.52. The molecule has 0 unspecified atom stereocenters. The molecule has 0 bridgehead atoms. The monoisotopic (exact) mass is 349 g/mol. The van der Waals surface area contributed by atoms with Crippen LogP contribution in [0.5, 0.6) is 0 Å². The lowest BCUT2D eigenvalue weighted by Crippen LogP contribution is -2.37. The number of carbonyl (C=O) groups is 1. The molecule has 4 heteroatoms. The first-order valence-electron chi connectivity index (χ1n) is 9.89. The molecule has 2 heterocycles. The first-order valence-corrected chi connectivity index (χ1v) is 9.89. The summed E-state index contributed by atoms with van der Waals surface area (Å²) >= 11 is 0. The fraction of sp³-hybridized carbons (Fsp3) is 0.455. The van der Waals surface area contributed by atoms with Crippen LogP contribution in [0.15, 0.2) is 42.6 Å². The van der Waals surface area contributed by atoms with E-state index in [1.165, 1.54) is 36.8 Å². The number of amides is 1. The van der Waals surface area contributed by atoms with Crippen molar-refractivity contribution in [2.75, 3.05) is 11.4 Å². The third-order valence-corrected chi connectivity index (χ3v) is 5.65. The minimum Gasteiger partial charge on any atom is -0.351 e. The molecule has 1 aromatic carbocycles. The van der Waals surface area contributed by atoms with Crippen LogP contribution in [0.1, 0.15) is 60.0 Å². The van der Waals surface area contributed by atoms with Crippen molar-refractivity contribution in [1.29, 1.82) is 0 Å². The Kier molecular flexibility index (Phi) is 5.19. The second-order valence-corrected chi connectivity index (χ2v) is 7.48. The van der Waals surface area contributed by atoms with Gasteiger partial charge in [-0.15, -0.1) is 0 Å². The van der Waals surface area contributed by atoms with Gasteiger partial charge in [0.15, 0.2) is 0 Å². The molecule has 1 amide bonds. The zero-order valence-electron chi connectivity index (χ0n) is 15.3. The third kappa shape index (κ3) is 3.74. The minimum atomic E-state index is 0.0267. The quantitative estimate of drug-likeness (QED) is 0.849. The van der Waals surface area contributed by atoms with E-state index in [0.717, 1.165) is 38.2 Å². The highest BCUT2D eigenvalue weighted by atomic mass is 16.1. The van der Waals surface area contributed by atoms with Gasteiger partial charge < -0.3 is 10.2 Å². The molecule has 1 aliphatic carbocycles. The second-order valence-electron chi connectivity index (χ2n) is 7.48. The lowest BCUT2D eigenvalue weighted by molar-refractivity contribution is 0.0933. The van der Waals surface area contributed by atoms with Crippen molar-refractivity contribution < 1.29 is 4.79 Å². The van der Waals surface area contributed by atoms with Crippen molar-refractivity contribution in [2.45, 2.75) is 57.5 Å². The maximum absolute atomic E-state index is 13.0. The van der Waals surface area contributed by atoms with Gasteiger partial charge in [0.2, 0.25) is 0 Å². The average molecular weight is 349 g/mol. The SMILES string of the molecule is O=C(NC1CCCCCC1)c1cccnc1N1CCc2ccccc2C1. The normalized spacial score (nSPS) is 18.1. The van der Waals surface area contributed by atoms with Gasteiger partial charge in [0.1, 0.15) is 5.82 Å². The molecule has 2 aromatic rings. The van der Waals surface area contributed by atoms with E-state index in [0.29, 0.717) is 11.6 Å². The molecule has 1 aromatic heterocycles. The molecule has 2 aliphatic rings. The maximum atomic E-state index is 13.0. The number of anilines is 1. The summed E-state index contributed by atoms with van der Waals surface area (Å²) in [5, 5.41) is 3.27. The molecular weight excluding hydrogens is 322 g/mol. The van der Waals surface area contributed by atoms with Gasteiger partial charge in [0.25, 0.3) is 5.91 Å². The van der Waals surface area contributed by atoms with Gasteiger partial charge in [0, 0.05) is 25.3 Å².